The number of nitrogens with zero attached hydrogens (tertiary/aromatic N) is 1. The van der Waals surface area contributed by atoms with Gasteiger partial charge in [-0.3, -0.25) is 4.79 Å². The first-order chi connectivity index (χ1) is 11.2. The van der Waals surface area contributed by atoms with Crippen LogP contribution in [-0.4, -0.2) is 10.9 Å². The summed E-state index contributed by atoms with van der Waals surface area (Å²) in [6.45, 7) is 2.54. The molecule has 3 rings (SSSR count). The van der Waals surface area contributed by atoms with Gasteiger partial charge in [-0.05, 0) is 30.2 Å². The van der Waals surface area contributed by atoms with Crippen molar-refractivity contribution in [2.45, 2.75) is 13.5 Å². The highest BCUT2D eigenvalue weighted by Crippen LogP contribution is 2.20. The predicted octanol–water partition coefficient (Wildman–Crippen LogP) is 4.13. The lowest BCUT2D eigenvalue weighted by molar-refractivity contribution is 0.0946. The van der Waals surface area contributed by atoms with Crippen molar-refractivity contribution < 1.29 is 4.79 Å². The van der Waals surface area contributed by atoms with Crippen molar-refractivity contribution in [3.8, 4) is 0 Å². The van der Waals surface area contributed by atoms with Crippen LogP contribution in [0.1, 0.15) is 21.6 Å². The van der Waals surface area contributed by atoms with Gasteiger partial charge in [0.15, 0.2) is 5.13 Å². The maximum Gasteiger partial charge on any atom is 0.271 e. The highest BCUT2D eigenvalue weighted by molar-refractivity contribution is 7.14. The Labute approximate surface area is 139 Å². The third-order valence-electron chi connectivity index (χ3n) is 3.46. The summed E-state index contributed by atoms with van der Waals surface area (Å²) in [6.07, 6.45) is 0. The number of anilines is 2. The second-order valence-electron chi connectivity index (χ2n) is 5.14. The largest absolute Gasteiger partial charge is 0.347 e. The number of para-hydroxylation sites is 1. The van der Waals surface area contributed by atoms with Crippen molar-refractivity contribution in [2.75, 3.05) is 5.32 Å². The number of benzene rings is 2. The zero-order valence-electron chi connectivity index (χ0n) is 12.7. The van der Waals surface area contributed by atoms with Gasteiger partial charge in [-0.15, -0.1) is 11.3 Å². The van der Waals surface area contributed by atoms with Crippen LogP contribution in [0.15, 0.2) is 60.0 Å². The first-order valence-corrected chi connectivity index (χ1v) is 8.20. The van der Waals surface area contributed by atoms with E-state index < -0.39 is 0 Å². The smallest absolute Gasteiger partial charge is 0.271 e. The Morgan fingerprint density at radius 1 is 1.09 bits per heavy atom. The molecule has 0 unspecified atom stereocenters. The molecule has 0 aliphatic heterocycles. The number of hydrogen-bond donors (Lipinski definition) is 2. The van der Waals surface area contributed by atoms with E-state index in [2.05, 4.69) is 15.6 Å². The molecule has 1 aromatic heterocycles. The van der Waals surface area contributed by atoms with Gasteiger partial charge in [-0.25, -0.2) is 4.98 Å². The van der Waals surface area contributed by atoms with E-state index in [9.17, 15) is 4.79 Å². The molecular weight excluding hydrogens is 306 g/mol. The minimum Gasteiger partial charge on any atom is -0.347 e. The Balaban J connectivity index is 1.61. The minimum absolute atomic E-state index is 0.161. The number of amides is 1. The first-order valence-electron chi connectivity index (χ1n) is 7.32. The third kappa shape index (κ3) is 3.96. The van der Waals surface area contributed by atoms with Crippen LogP contribution in [0.25, 0.3) is 0 Å². The highest BCUT2D eigenvalue weighted by Gasteiger charge is 2.11. The molecule has 1 amide bonds. The zero-order valence-corrected chi connectivity index (χ0v) is 13.6. The van der Waals surface area contributed by atoms with Crippen LogP contribution < -0.4 is 10.6 Å². The molecule has 0 aliphatic carbocycles. The van der Waals surface area contributed by atoms with Crippen LogP contribution in [0, 0.1) is 6.92 Å². The number of aryl methyl sites for hydroxylation is 1. The molecule has 0 bridgehead atoms. The van der Waals surface area contributed by atoms with Crippen LogP contribution >= 0.6 is 11.3 Å². The average molecular weight is 323 g/mol. The predicted molar refractivity (Wildman–Crippen MR) is 94.2 cm³/mol. The number of aromatic nitrogens is 1. The SMILES string of the molecule is Cc1ccccc1CNC(=O)c1csc(Nc2ccccc2)n1. The summed E-state index contributed by atoms with van der Waals surface area (Å²) in [5.74, 6) is -0.161. The van der Waals surface area contributed by atoms with Crippen molar-refractivity contribution >= 4 is 28.1 Å². The maximum atomic E-state index is 12.2. The molecule has 4 nitrogen and oxygen atoms in total. The summed E-state index contributed by atoms with van der Waals surface area (Å²) in [5.41, 5.74) is 3.66. The second kappa shape index (κ2) is 7.07. The number of hydrogen-bond acceptors (Lipinski definition) is 4. The van der Waals surface area contributed by atoms with E-state index in [0.717, 1.165) is 16.8 Å². The lowest BCUT2D eigenvalue weighted by Crippen LogP contribution is -2.23. The normalized spacial score (nSPS) is 10.3. The molecule has 23 heavy (non-hydrogen) atoms. The molecule has 0 radical (unpaired) electrons. The Bertz CT molecular complexity index is 799. The van der Waals surface area contributed by atoms with Crippen molar-refractivity contribution in [1.82, 2.24) is 10.3 Å². The van der Waals surface area contributed by atoms with E-state index in [1.54, 1.807) is 5.38 Å². The summed E-state index contributed by atoms with van der Waals surface area (Å²) in [4.78, 5) is 16.5. The van der Waals surface area contributed by atoms with Crippen molar-refractivity contribution in [2.24, 2.45) is 0 Å². The molecule has 0 spiro atoms. The van der Waals surface area contributed by atoms with Gasteiger partial charge < -0.3 is 10.6 Å². The molecule has 0 atom stereocenters. The van der Waals surface area contributed by atoms with E-state index in [1.807, 2.05) is 61.5 Å². The number of thiazole rings is 1. The van der Waals surface area contributed by atoms with Crippen molar-refractivity contribution in [1.29, 1.82) is 0 Å². The lowest BCUT2D eigenvalue weighted by atomic mass is 10.1. The molecule has 1 heterocycles. The molecule has 5 heteroatoms. The van der Waals surface area contributed by atoms with E-state index in [1.165, 1.54) is 11.3 Å². The van der Waals surface area contributed by atoms with Gasteiger partial charge in [0.25, 0.3) is 5.91 Å². The molecule has 2 N–H and O–H groups in total. The average Bonchev–Trinajstić information content (AvgIpc) is 3.03. The monoisotopic (exact) mass is 323 g/mol. The molecule has 0 fully saturated rings. The summed E-state index contributed by atoms with van der Waals surface area (Å²) >= 11 is 1.41. The Morgan fingerprint density at radius 2 is 1.83 bits per heavy atom. The van der Waals surface area contributed by atoms with Gasteiger partial charge in [-0.2, -0.15) is 0 Å². The molecule has 3 aromatic rings. The van der Waals surface area contributed by atoms with Gasteiger partial charge in [0, 0.05) is 17.6 Å². The number of carbonyl (C=O) groups excluding carboxylic acids is 1. The molecule has 2 aromatic carbocycles. The van der Waals surface area contributed by atoms with Crippen molar-refractivity contribution in [3.05, 3.63) is 76.8 Å². The Morgan fingerprint density at radius 3 is 2.61 bits per heavy atom. The van der Waals surface area contributed by atoms with Crippen LogP contribution in [-0.2, 0) is 6.54 Å². The van der Waals surface area contributed by atoms with Crippen LogP contribution in [0.5, 0.6) is 0 Å². The van der Waals surface area contributed by atoms with Crippen molar-refractivity contribution in [3.63, 3.8) is 0 Å². The van der Waals surface area contributed by atoms with E-state index in [4.69, 9.17) is 0 Å². The summed E-state index contributed by atoms with van der Waals surface area (Å²) in [6, 6.07) is 17.8. The van der Waals surface area contributed by atoms with Crippen LogP contribution in [0.4, 0.5) is 10.8 Å². The second-order valence-corrected chi connectivity index (χ2v) is 6.00. The van der Waals surface area contributed by atoms with Gasteiger partial charge in [-0.1, -0.05) is 42.5 Å². The van der Waals surface area contributed by atoms with Gasteiger partial charge >= 0.3 is 0 Å². The van der Waals surface area contributed by atoms with Gasteiger partial charge in [0.05, 0.1) is 0 Å². The topological polar surface area (TPSA) is 54.0 Å². The standard InChI is InChI=1S/C18H17N3OS/c1-13-7-5-6-8-14(13)11-19-17(22)16-12-23-18(21-16)20-15-9-3-2-4-10-15/h2-10,12H,11H2,1H3,(H,19,22)(H,20,21). The lowest BCUT2D eigenvalue weighted by Gasteiger charge is -2.06. The number of carbonyl (C=O) groups is 1. The van der Waals surface area contributed by atoms with E-state index in [-0.39, 0.29) is 5.91 Å². The molecule has 116 valence electrons. The summed E-state index contributed by atoms with van der Waals surface area (Å²) in [5, 5.41) is 8.57. The van der Waals surface area contributed by atoms with Gasteiger partial charge in [0.2, 0.25) is 0 Å². The molecule has 0 aliphatic rings. The summed E-state index contributed by atoms with van der Waals surface area (Å²) < 4.78 is 0. The van der Waals surface area contributed by atoms with E-state index in [0.29, 0.717) is 17.4 Å². The number of rotatable bonds is 5. The highest BCUT2D eigenvalue weighted by atomic mass is 32.1. The van der Waals surface area contributed by atoms with Crippen LogP contribution in [0.2, 0.25) is 0 Å². The fourth-order valence-corrected chi connectivity index (χ4v) is 2.87. The quantitative estimate of drug-likeness (QED) is 0.742. The van der Waals surface area contributed by atoms with E-state index >= 15 is 0 Å². The fourth-order valence-electron chi connectivity index (χ4n) is 2.15. The fraction of sp³-hybridized carbons (Fsp3) is 0.111. The summed E-state index contributed by atoms with van der Waals surface area (Å²) in [7, 11) is 0. The van der Waals surface area contributed by atoms with Gasteiger partial charge in [0.1, 0.15) is 5.69 Å². The number of nitrogens with one attached hydrogen (secondary N) is 2. The Kier molecular flexibility index (Phi) is 4.68. The Hall–Kier alpha value is -2.66. The zero-order chi connectivity index (χ0) is 16.1. The molecular formula is C18H17N3OS. The minimum atomic E-state index is -0.161. The third-order valence-corrected chi connectivity index (χ3v) is 4.22. The molecule has 0 saturated carbocycles. The molecule has 0 saturated heterocycles. The first kappa shape index (κ1) is 15.2. The maximum absolute atomic E-state index is 12.2. The van der Waals surface area contributed by atoms with Crippen LogP contribution in [0.3, 0.4) is 0 Å².